The molecule has 0 saturated heterocycles. The molecule has 2 heterocycles. The predicted octanol–water partition coefficient (Wildman–Crippen LogP) is 0.808. The molecule has 0 saturated carbocycles. The molecule has 2 rings (SSSR count). The lowest BCUT2D eigenvalue weighted by atomic mass is 10.2. The van der Waals surface area contributed by atoms with E-state index in [2.05, 4.69) is 15.5 Å². The number of H-pyrrole nitrogens is 1. The monoisotopic (exact) mass is 293 g/mol. The van der Waals surface area contributed by atoms with Gasteiger partial charge in [-0.25, -0.2) is 4.79 Å². The summed E-state index contributed by atoms with van der Waals surface area (Å²) >= 11 is 0. The number of carbonyl (C=O) groups is 2. The minimum Gasteiger partial charge on any atom is -0.480 e. The van der Waals surface area contributed by atoms with Crippen molar-refractivity contribution >= 4 is 11.9 Å². The minimum absolute atomic E-state index is 0.0707. The quantitative estimate of drug-likeness (QED) is 0.725. The average molecular weight is 293 g/mol. The number of aromatic nitrogens is 2. The summed E-state index contributed by atoms with van der Waals surface area (Å²) < 4.78 is 10.1. The number of carbonyl (C=O) groups excluding carboxylic acids is 1. The fraction of sp³-hybridized carbons (Fsp3) is 0.308. The molecule has 2 aromatic rings. The molecule has 2 aromatic heterocycles. The van der Waals surface area contributed by atoms with Gasteiger partial charge in [0.1, 0.15) is 11.5 Å². The summed E-state index contributed by atoms with van der Waals surface area (Å²) in [6.45, 7) is 1.67. The molecule has 1 unspecified atom stereocenters. The standard InChI is InChI=1S/C13H15N3O5/c1-7-3-4-11(21-7)8-5-9(16-15-8)12(17)14-10(6-20-2)13(18)19/h3-5,10H,6H2,1-2H3,(H,14,17)(H,15,16)(H,18,19). The number of nitrogens with one attached hydrogen (secondary N) is 2. The molecule has 1 atom stereocenters. The Morgan fingerprint density at radius 1 is 1.52 bits per heavy atom. The summed E-state index contributed by atoms with van der Waals surface area (Å²) in [4.78, 5) is 22.9. The van der Waals surface area contributed by atoms with E-state index in [4.69, 9.17) is 14.3 Å². The van der Waals surface area contributed by atoms with Crippen molar-refractivity contribution in [3.63, 3.8) is 0 Å². The van der Waals surface area contributed by atoms with Crippen LogP contribution in [-0.2, 0) is 9.53 Å². The van der Waals surface area contributed by atoms with E-state index in [1.165, 1.54) is 13.2 Å². The van der Waals surface area contributed by atoms with Gasteiger partial charge in [-0.2, -0.15) is 5.10 Å². The van der Waals surface area contributed by atoms with Gasteiger partial charge >= 0.3 is 5.97 Å². The normalized spacial score (nSPS) is 12.1. The topological polar surface area (TPSA) is 117 Å². The molecule has 21 heavy (non-hydrogen) atoms. The van der Waals surface area contributed by atoms with E-state index in [9.17, 15) is 9.59 Å². The number of ether oxygens (including phenoxy) is 1. The van der Waals surface area contributed by atoms with E-state index in [1.54, 1.807) is 19.1 Å². The van der Waals surface area contributed by atoms with E-state index in [0.29, 0.717) is 11.5 Å². The lowest BCUT2D eigenvalue weighted by Gasteiger charge is -2.11. The van der Waals surface area contributed by atoms with Gasteiger partial charge in [-0.3, -0.25) is 9.89 Å². The third-order valence-electron chi connectivity index (χ3n) is 2.75. The molecule has 8 heteroatoms. The van der Waals surface area contributed by atoms with Crippen molar-refractivity contribution in [2.75, 3.05) is 13.7 Å². The van der Waals surface area contributed by atoms with Crippen LogP contribution in [0.5, 0.6) is 0 Å². The lowest BCUT2D eigenvalue weighted by molar-refractivity contribution is -0.140. The SMILES string of the molecule is COCC(NC(=O)c1cc(-c2ccc(C)o2)[nH]n1)C(=O)O. The number of carboxylic acids is 1. The summed E-state index contributed by atoms with van der Waals surface area (Å²) in [5, 5.41) is 17.8. The van der Waals surface area contributed by atoms with E-state index < -0.39 is 17.9 Å². The van der Waals surface area contributed by atoms with Crippen molar-refractivity contribution in [1.29, 1.82) is 0 Å². The maximum atomic E-state index is 11.9. The van der Waals surface area contributed by atoms with E-state index in [-0.39, 0.29) is 12.3 Å². The first kappa shape index (κ1) is 14.8. The Labute approximate surface area is 120 Å². The smallest absolute Gasteiger partial charge is 0.328 e. The van der Waals surface area contributed by atoms with Crippen LogP contribution in [0.3, 0.4) is 0 Å². The van der Waals surface area contributed by atoms with E-state index >= 15 is 0 Å². The summed E-state index contributed by atoms with van der Waals surface area (Å²) in [7, 11) is 1.36. The second kappa shape index (κ2) is 6.23. The zero-order valence-electron chi connectivity index (χ0n) is 11.5. The molecule has 0 aliphatic heterocycles. The molecule has 112 valence electrons. The molecule has 0 fully saturated rings. The molecule has 0 radical (unpaired) electrons. The molecular formula is C13H15N3O5. The third kappa shape index (κ3) is 3.48. The van der Waals surface area contributed by atoms with Crippen molar-refractivity contribution in [2.45, 2.75) is 13.0 Å². The molecule has 0 aromatic carbocycles. The number of nitrogens with zero attached hydrogens (tertiary/aromatic N) is 1. The van der Waals surface area contributed by atoms with E-state index in [1.807, 2.05) is 0 Å². The van der Waals surface area contributed by atoms with Gasteiger partial charge in [-0.1, -0.05) is 0 Å². The summed E-state index contributed by atoms with van der Waals surface area (Å²) in [6, 6.07) is 3.89. The van der Waals surface area contributed by atoms with Gasteiger partial charge in [-0.05, 0) is 19.1 Å². The van der Waals surface area contributed by atoms with Crippen LogP contribution in [0.25, 0.3) is 11.5 Å². The highest BCUT2D eigenvalue weighted by Gasteiger charge is 2.22. The van der Waals surface area contributed by atoms with Crippen LogP contribution in [0.2, 0.25) is 0 Å². The number of carboxylic acid groups (broad SMARTS) is 1. The van der Waals surface area contributed by atoms with Gasteiger partial charge in [0.05, 0.1) is 6.61 Å². The van der Waals surface area contributed by atoms with Crippen LogP contribution in [0.15, 0.2) is 22.6 Å². The maximum Gasteiger partial charge on any atom is 0.328 e. The van der Waals surface area contributed by atoms with Crippen molar-refractivity contribution < 1.29 is 23.8 Å². The maximum absolute atomic E-state index is 11.9. The zero-order valence-corrected chi connectivity index (χ0v) is 11.5. The first-order chi connectivity index (χ1) is 10.0. The number of aliphatic carboxylic acids is 1. The number of amides is 1. The molecule has 0 spiro atoms. The second-order valence-corrected chi connectivity index (χ2v) is 4.40. The lowest BCUT2D eigenvalue weighted by Crippen LogP contribution is -2.43. The van der Waals surface area contributed by atoms with Crippen LogP contribution in [-0.4, -0.2) is 46.9 Å². The van der Waals surface area contributed by atoms with Gasteiger partial charge < -0.3 is 19.6 Å². The first-order valence-electron chi connectivity index (χ1n) is 6.16. The Kier molecular flexibility index (Phi) is 4.39. The molecule has 8 nitrogen and oxygen atoms in total. The fourth-order valence-electron chi connectivity index (χ4n) is 1.72. The van der Waals surface area contributed by atoms with Gasteiger partial charge in [-0.15, -0.1) is 0 Å². The minimum atomic E-state index is -1.18. The van der Waals surface area contributed by atoms with Crippen LogP contribution >= 0.6 is 0 Å². The fourth-order valence-corrected chi connectivity index (χ4v) is 1.72. The number of furan rings is 1. The van der Waals surface area contributed by atoms with Crippen molar-refractivity contribution in [1.82, 2.24) is 15.5 Å². The molecule has 3 N–H and O–H groups in total. The number of aromatic amines is 1. The highest BCUT2D eigenvalue weighted by molar-refractivity contribution is 5.95. The molecule has 0 bridgehead atoms. The van der Waals surface area contributed by atoms with Crippen LogP contribution in [0.1, 0.15) is 16.2 Å². The Morgan fingerprint density at radius 2 is 2.29 bits per heavy atom. The Bertz CT molecular complexity index is 646. The van der Waals surface area contributed by atoms with Crippen molar-refractivity contribution in [3.8, 4) is 11.5 Å². The highest BCUT2D eigenvalue weighted by Crippen LogP contribution is 2.20. The summed E-state index contributed by atoms with van der Waals surface area (Å²) in [5.74, 6) is -0.504. The number of methoxy groups -OCH3 is 1. The zero-order chi connectivity index (χ0) is 15.4. The van der Waals surface area contributed by atoms with Crippen molar-refractivity contribution in [2.24, 2.45) is 0 Å². The van der Waals surface area contributed by atoms with Crippen molar-refractivity contribution in [3.05, 3.63) is 29.7 Å². The summed E-state index contributed by atoms with van der Waals surface area (Å²) in [6.07, 6.45) is 0. The van der Waals surface area contributed by atoms with Crippen LogP contribution < -0.4 is 5.32 Å². The van der Waals surface area contributed by atoms with Gasteiger partial charge in [0.25, 0.3) is 5.91 Å². The predicted molar refractivity (Wildman–Crippen MR) is 71.8 cm³/mol. The Morgan fingerprint density at radius 3 is 2.86 bits per heavy atom. The number of aryl methyl sites for hydroxylation is 1. The molecule has 0 aliphatic rings. The third-order valence-corrected chi connectivity index (χ3v) is 2.75. The molecule has 1 amide bonds. The summed E-state index contributed by atoms with van der Waals surface area (Å²) in [5.41, 5.74) is 0.605. The molecular weight excluding hydrogens is 278 g/mol. The van der Waals surface area contributed by atoms with Gasteiger partial charge in [0.2, 0.25) is 0 Å². The van der Waals surface area contributed by atoms with Crippen LogP contribution in [0, 0.1) is 6.92 Å². The number of hydrogen-bond acceptors (Lipinski definition) is 5. The average Bonchev–Trinajstić information content (AvgIpc) is 3.06. The van der Waals surface area contributed by atoms with Gasteiger partial charge in [0.15, 0.2) is 17.5 Å². The largest absolute Gasteiger partial charge is 0.480 e. The number of rotatable bonds is 6. The highest BCUT2D eigenvalue weighted by atomic mass is 16.5. The Balaban J connectivity index is 2.10. The van der Waals surface area contributed by atoms with Crippen LogP contribution in [0.4, 0.5) is 0 Å². The first-order valence-corrected chi connectivity index (χ1v) is 6.16. The number of hydrogen-bond donors (Lipinski definition) is 3. The Hall–Kier alpha value is -2.61. The van der Waals surface area contributed by atoms with E-state index in [0.717, 1.165) is 5.76 Å². The molecule has 0 aliphatic carbocycles. The van der Waals surface area contributed by atoms with Gasteiger partial charge in [0, 0.05) is 13.2 Å². The second-order valence-electron chi connectivity index (χ2n) is 4.40.